The molecule has 1 fully saturated rings. The third-order valence-corrected chi connectivity index (χ3v) is 4.92. The van der Waals surface area contributed by atoms with Gasteiger partial charge >= 0.3 is 0 Å². The summed E-state index contributed by atoms with van der Waals surface area (Å²) in [5.74, 6) is 0.428. The highest BCUT2D eigenvalue weighted by molar-refractivity contribution is 6.33. The standard InChI is InChI=1S/C19H20ClN3O4/c1-12-5-8-18(27-2)15(10-12)21-19(24)17-4-3-9-22(17)16-7-6-13(23(25)26)11-14(16)20/h5-8,10-11,17H,3-4,9H2,1-2H3,(H,21,24). The van der Waals surface area contributed by atoms with Gasteiger partial charge in [0.2, 0.25) is 5.91 Å². The van der Waals surface area contributed by atoms with E-state index in [0.29, 0.717) is 30.1 Å². The second-order valence-electron chi connectivity index (χ2n) is 6.44. The molecule has 1 aliphatic rings. The van der Waals surface area contributed by atoms with Crippen LogP contribution in [0.2, 0.25) is 5.02 Å². The number of hydrogen-bond acceptors (Lipinski definition) is 5. The molecule has 2 aromatic rings. The molecule has 0 saturated carbocycles. The van der Waals surface area contributed by atoms with Crippen molar-refractivity contribution >= 4 is 34.6 Å². The number of non-ortho nitro benzene ring substituents is 1. The van der Waals surface area contributed by atoms with Crippen LogP contribution in [0.15, 0.2) is 36.4 Å². The molecule has 2 aromatic carbocycles. The molecule has 27 heavy (non-hydrogen) atoms. The van der Waals surface area contributed by atoms with Crippen molar-refractivity contribution in [2.45, 2.75) is 25.8 Å². The fraction of sp³-hybridized carbons (Fsp3) is 0.316. The van der Waals surface area contributed by atoms with Crippen LogP contribution >= 0.6 is 11.6 Å². The van der Waals surface area contributed by atoms with Crippen molar-refractivity contribution in [3.63, 3.8) is 0 Å². The van der Waals surface area contributed by atoms with Crippen LogP contribution in [0.4, 0.5) is 17.1 Å². The number of hydrogen-bond donors (Lipinski definition) is 1. The minimum atomic E-state index is -0.492. The van der Waals surface area contributed by atoms with E-state index in [1.807, 2.05) is 30.0 Å². The number of methoxy groups -OCH3 is 1. The van der Waals surface area contributed by atoms with E-state index in [2.05, 4.69) is 5.32 Å². The van der Waals surface area contributed by atoms with Gasteiger partial charge in [0.15, 0.2) is 0 Å². The summed E-state index contributed by atoms with van der Waals surface area (Å²) in [6.45, 7) is 2.59. The number of aryl methyl sites for hydroxylation is 1. The van der Waals surface area contributed by atoms with Gasteiger partial charge in [-0.25, -0.2) is 0 Å². The molecular formula is C19H20ClN3O4. The van der Waals surface area contributed by atoms with Crippen LogP contribution in [-0.4, -0.2) is 30.5 Å². The van der Waals surface area contributed by atoms with Crippen molar-refractivity contribution < 1.29 is 14.5 Å². The van der Waals surface area contributed by atoms with Crippen LogP contribution in [0.1, 0.15) is 18.4 Å². The zero-order chi connectivity index (χ0) is 19.6. The highest BCUT2D eigenvalue weighted by Crippen LogP contribution is 2.35. The zero-order valence-electron chi connectivity index (χ0n) is 15.1. The summed E-state index contributed by atoms with van der Waals surface area (Å²) in [4.78, 5) is 25.2. The highest BCUT2D eigenvalue weighted by atomic mass is 35.5. The zero-order valence-corrected chi connectivity index (χ0v) is 15.8. The van der Waals surface area contributed by atoms with Crippen molar-refractivity contribution in [2.75, 3.05) is 23.9 Å². The van der Waals surface area contributed by atoms with Crippen LogP contribution in [0.3, 0.4) is 0 Å². The van der Waals surface area contributed by atoms with Gasteiger partial charge in [-0.3, -0.25) is 14.9 Å². The molecular weight excluding hydrogens is 370 g/mol. The molecule has 0 aromatic heterocycles. The van der Waals surface area contributed by atoms with E-state index in [-0.39, 0.29) is 16.6 Å². The molecule has 1 saturated heterocycles. The number of nitrogens with zero attached hydrogens (tertiary/aromatic N) is 2. The maximum atomic E-state index is 12.9. The van der Waals surface area contributed by atoms with Gasteiger partial charge in [0.05, 0.1) is 28.4 Å². The van der Waals surface area contributed by atoms with Crippen molar-refractivity contribution in [1.29, 1.82) is 0 Å². The second-order valence-corrected chi connectivity index (χ2v) is 6.84. The lowest BCUT2D eigenvalue weighted by atomic mass is 10.1. The maximum absolute atomic E-state index is 12.9. The quantitative estimate of drug-likeness (QED) is 0.612. The number of nitro benzene ring substituents is 1. The lowest BCUT2D eigenvalue weighted by Gasteiger charge is -2.27. The van der Waals surface area contributed by atoms with Gasteiger partial charge in [-0.15, -0.1) is 0 Å². The minimum Gasteiger partial charge on any atom is -0.495 e. The predicted octanol–water partition coefficient (Wildman–Crippen LogP) is 4.17. The maximum Gasteiger partial charge on any atom is 0.271 e. The van der Waals surface area contributed by atoms with E-state index in [1.165, 1.54) is 12.1 Å². The van der Waals surface area contributed by atoms with E-state index in [0.717, 1.165) is 12.0 Å². The van der Waals surface area contributed by atoms with Crippen LogP contribution in [0.5, 0.6) is 5.75 Å². The molecule has 1 atom stereocenters. The van der Waals surface area contributed by atoms with Crippen LogP contribution in [0.25, 0.3) is 0 Å². The largest absolute Gasteiger partial charge is 0.495 e. The Hall–Kier alpha value is -2.80. The Labute approximate surface area is 162 Å². The van der Waals surface area contributed by atoms with E-state index >= 15 is 0 Å². The normalized spacial score (nSPS) is 16.3. The van der Waals surface area contributed by atoms with Gasteiger partial charge in [-0.1, -0.05) is 17.7 Å². The SMILES string of the molecule is COc1ccc(C)cc1NC(=O)C1CCCN1c1ccc([N+](=O)[O-])cc1Cl. The summed E-state index contributed by atoms with van der Waals surface area (Å²) in [7, 11) is 1.55. The first-order valence-corrected chi connectivity index (χ1v) is 8.94. The van der Waals surface area contributed by atoms with Crippen LogP contribution in [0, 0.1) is 17.0 Å². The molecule has 142 valence electrons. The molecule has 1 amide bonds. The summed E-state index contributed by atoms with van der Waals surface area (Å²) in [5, 5.41) is 14.1. The minimum absolute atomic E-state index is 0.0755. The van der Waals surface area contributed by atoms with Gasteiger partial charge in [-0.2, -0.15) is 0 Å². The molecule has 0 bridgehead atoms. The Balaban J connectivity index is 1.83. The lowest BCUT2D eigenvalue weighted by Crippen LogP contribution is -2.40. The average Bonchev–Trinajstić information content (AvgIpc) is 3.11. The topological polar surface area (TPSA) is 84.7 Å². The lowest BCUT2D eigenvalue weighted by molar-refractivity contribution is -0.384. The first-order chi connectivity index (χ1) is 12.9. The molecule has 0 radical (unpaired) electrons. The molecule has 0 spiro atoms. The van der Waals surface area contributed by atoms with Crippen molar-refractivity contribution in [2.24, 2.45) is 0 Å². The Morgan fingerprint density at radius 2 is 2.11 bits per heavy atom. The number of anilines is 2. The van der Waals surface area contributed by atoms with Crippen molar-refractivity contribution in [3.8, 4) is 5.75 Å². The number of nitrogens with one attached hydrogen (secondary N) is 1. The molecule has 0 aliphatic carbocycles. The highest BCUT2D eigenvalue weighted by Gasteiger charge is 2.32. The van der Waals surface area contributed by atoms with Gasteiger partial charge in [0, 0.05) is 18.7 Å². The fourth-order valence-electron chi connectivity index (χ4n) is 3.31. The summed E-state index contributed by atoms with van der Waals surface area (Å²) in [5.41, 5.74) is 2.17. The van der Waals surface area contributed by atoms with E-state index < -0.39 is 11.0 Å². The molecule has 1 N–H and O–H groups in total. The summed E-state index contributed by atoms with van der Waals surface area (Å²) >= 11 is 6.25. The number of halogens is 1. The number of carbonyl (C=O) groups is 1. The monoisotopic (exact) mass is 389 g/mol. The van der Waals surface area contributed by atoms with E-state index in [1.54, 1.807) is 13.2 Å². The Bertz CT molecular complexity index is 887. The Kier molecular flexibility index (Phi) is 5.51. The Morgan fingerprint density at radius 3 is 2.78 bits per heavy atom. The third kappa shape index (κ3) is 3.98. The smallest absolute Gasteiger partial charge is 0.271 e. The third-order valence-electron chi connectivity index (χ3n) is 4.62. The summed E-state index contributed by atoms with van der Waals surface area (Å²) in [6.07, 6.45) is 1.50. The van der Waals surface area contributed by atoms with Crippen LogP contribution < -0.4 is 15.0 Å². The van der Waals surface area contributed by atoms with E-state index in [4.69, 9.17) is 16.3 Å². The number of amides is 1. The number of nitro groups is 1. The molecule has 7 nitrogen and oxygen atoms in total. The summed E-state index contributed by atoms with van der Waals surface area (Å²) < 4.78 is 5.32. The average molecular weight is 390 g/mol. The van der Waals surface area contributed by atoms with Crippen molar-refractivity contribution in [1.82, 2.24) is 0 Å². The molecule has 1 heterocycles. The van der Waals surface area contributed by atoms with Crippen molar-refractivity contribution in [3.05, 3.63) is 57.1 Å². The van der Waals surface area contributed by atoms with Gasteiger partial charge < -0.3 is 15.0 Å². The number of benzene rings is 2. The second kappa shape index (κ2) is 7.84. The first-order valence-electron chi connectivity index (χ1n) is 8.57. The van der Waals surface area contributed by atoms with Gasteiger partial charge in [0.1, 0.15) is 11.8 Å². The first kappa shape index (κ1) is 19.0. The van der Waals surface area contributed by atoms with Crippen LogP contribution in [-0.2, 0) is 4.79 Å². The molecule has 3 rings (SSSR count). The number of ether oxygens (including phenoxy) is 1. The molecule has 8 heteroatoms. The summed E-state index contributed by atoms with van der Waals surface area (Å²) in [6, 6.07) is 9.48. The number of carbonyl (C=O) groups excluding carboxylic acids is 1. The Morgan fingerprint density at radius 1 is 1.33 bits per heavy atom. The molecule has 1 aliphatic heterocycles. The van der Waals surface area contributed by atoms with E-state index in [9.17, 15) is 14.9 Å². The molecule has 1 unspecified atom stereocenters. The fourth-order valence-corrected chi connectivity index (χ4v) is 3.59. The van der Waals surface area contributed by atoms with Gasteiger partial charge in [0.25, 0.3) is 5.69 Å². The predicted molar refractivity (Wildman–Crippen MR) is 105 cm³/mol. The number of rotatable bonds is 5. The van der Waals surface area contributed by atoms with Gasteiger partial charge in [-0.05, 0) is 43.5 Å².